The molecular formula is C11H15N5O3S. The number of aryl methyl sites for hydroxylation is 1. The number of nitrogens with zero attached hydrogens (tertiary/aromatic N) is 2. The van der Waals surface area contributed by atoms with E-state index in [1.165, 1.54) is 11.3 Å². The van der Waals surface area contributed by atoms with Crippen LogP contribution in [0.5, 0.6) is 0 Å². The highest BCUT2D eigenvalue weighted by Gasteiger charge is 2.31. The molecule has 1 aromatic rings. The number of unbranched alkanes of at least 4 members (excludes halogenated alkanes) is 1. The van der Waals surface area contributed by atoms with Crippen LogP contribution in [-0.4, -0.2) is 34.1 Å². The van der Waals surface area contributed by atoms with E-state index in [4.69, 9.17) is 0 Å². The molecule has 1 aliphatic heterocycles. The van der Waals surface area contributed by atoms with Crippen molar-refractivity contribution in [3.63, 3.8) is 0 Å². The lowest BCUT2D eigenvalue weighted by molar-refractivity contribution is -0.124. The largest absolute Gasteiger partial charge is 0.325 e. The Morgan fingerprint density at radius 1 is 1.40 bits per heavy atom. The SMILES string of the molecule is CCCCc1nnc(NC(=O)C[C@H]2NC(=O)NC2=O)s1. The van der Waals surface area contributed by atoms with Gasteiger partial charge in [0.25, 0.3) is 5.91 Å². The number of rotatable bonds is 6. The first kappa shape index (κ1) is 14.4. The molecule has 20 heavy (non-hydrogen) atoms. The molecule has 1 atom stereocenters. The second kappa shape index (κ2) is 6.42. The molecule has 9 heteroatoms. The zero-order valence-electron chi connectivity index (χ0n) is 10.9. The fourth-order valence-electron chi connectivity index (χ4n) is 1.69. The molecule has 2 heterocycles. The first-order valence-corrected chi connectivity index (χ1v) is 7.13. The number of anilines is 1. The Morgan fingerprint density at radius 3 is 2.85 bits per heavy atom. The highest BCUT2D eigenvalue weighted by atomic mass is 32.1. The second-order valence-electron chi connectivity index (χ2n) is 4.37. The van der Waals surface area contributed by atoms with Gasteiger partial charge >= 0.3 is 6.03 Å². The average Bonchev–Trinajstić information content (AvgIpc) is 2.94. The summed E-state index contributed by atoms with van der Waals surface area (Å²) >= 11 is 1.32. The third-order valence-electron chi connectivity index (χ3n) is 2.71. The van der Waals surface area contributed by atoms with Crippen LogP contribution in [0.3, 0.4) is 0 Å². The smallest absolute Gasteiger partial charge is 0.322 e. The number of hydrogen-bond donors (Lipinski definition) is 3. The second-order valence-corrected chi connectivity index (χ2v) is 5.43. The summed E-state index contributed by atoms with van der Waals surface area (Å²) in [4.78, 5) is 33.9. The molecule has 0 aromatic carbocycles. The van der Waals surface area contributed by atoms with E-state index in [0.717, 1.165) is 24.3 Å². The summed E-state index contributed by atoms with van der Waals surface area (Å²) in [7, 11) is 0. The van der Waals surface area contributed by atoms with Gasteiger partial charge in [0.15, 0.2) is 0 Å². The van der Waals surface area contributed by atoms with Gasteiger partial charge in [0, 0.05) is 6.42 Å². The fraction of sp³-hybridized carbons (Fsp3) is 0.545. The van der Waals surface area contributed by atoms with Crippen molar-refractivity contribution in [2.45, 2.75) is 38.6 Å². The van der Waals surface area contributed by atoms with E-state index in [1.54, 1.807) is 0 Å². The maximum Gasteiger partial charge on any atom is 0.322 e. The highest BCUT2D eigenvalue weighted by Crippen LogP contribution is 2.17. The van der Waals surface area contributed by atoms with Crippen LogP contribution in [0, 0.1) is 0 Å². The number of amides is 4. The summed E-state index contributed by atoms with van der Waals surface area (Å²) in [5.41, 5.74) is 0. The predicted octanol–water partition coefficient (Wildman–Crippen LogP) is 0.417. The first-order chi connectivity index (χ1) is 9.58. The third kappa shape index (κ3) is 3.73. The molecule has 0 radical (unpaired) electrons. The quantitative estimate of drug-likeness (QED) is 0.658. The van der Waals surface area contributed by atoms with Crippen molar-refractivity contribution in [1.29, 1.82) is 0 Å². The highest BCUT2D eigenvalue weighted by molar-refractivity contribution is 7.15. The minimum absolute atomic E-state index is 0.124. The summed E-state index contributed by atoms with van der Waals surface area (Å²) in [5, 5.41) is 16.1. The van der Waals surface area contributed by atoms with Gasteiger partial charge < -0.3 is 10.6 Å². The van der Waals surface area contributed by atoms with Gasteiger partial charge in [0.1, 0.15) is 11.0 Å². The van der Waals surface area contributed by atoms with Gasteiger partial charge in [0.05, 0.1) is 6.42 Å². The summed E-state index contributed by atoms with van der Waals surface area (Å²) in [5.74, 6) is -0.878. The van der Waals surface area contributed by atoms with Crippen LogP contribution in [0.1, 0.15) is 31.2 Å². The topological polar surface area (TPSA) is 113 Å². The molecule has 108 valence electrons. The molecule has 0 unspecified atom stereocenters. The lowest BCUT2D eigenvalue weighted by Crippen LogP contribution is -2.33. The Hall–Kier alpha value is -2.03. The van der Waals surface area contributed by atoms with Gasteiger partial charge in [-0.3, -0.25) is 14.9 Å². The van der Waals surface area contributed by atoms with Crippen molar-refractivity contribution in [2.24, 2.45) is 0 Å². The summed E-state index contributed by atoms with van der Waals surface area (Å²) in [6.07, 6.45) is 2.81. The van der Waals surface area contributed by atoms with E-state index in [9.17, 15) is 14.4 Å². The molecule has 8 nitrogen and oxygen atoms in total. The maximum absolute atomic E-state index is 11.7. The third-order valence-corrected chi connectivity index (χ3v) is 3.60. The zero-order chi connectivity index (χ0) is 14.5. The maximum atomic E-state index is 11.7. The molecule has 1 aromatic heterocycles. The van der Waals surface area contributed by atoms with Gasteiger partial charge in [-0.15, -0.1) is 10.2 Å². The molecule has 0 aliphatic carbocycles. The molecule has 4 amide bonds. The van der Waals surface area contributed by atoms with E-state index in [-0.39, 0.29) is 12.3 Å². The van der Waals surface area contributed by atoms with E-state index in [1.807, 2.05) is 0 Å². The zero-order valence-corrected chi connectivity index (χ0v) is 11.7. The molecular weight excluding hydrogens is 282 g/mol. The minimum Gasteiger partial charge on any atom is -0.325 e. The molecule has 1 aliphatic rings. The van der Waals surface area contributed by atoms with Gasteiger partial charge in [-0.25, -0.2) is 4.79 Å². The Labute approximate surface area is 119 Å². The monoisotopic (exact) mass is 297 g/mol. The number of imide groups is 1. The molecule has 3 N–H and O–H groups in total. The van der Waals surface area contributed by atoms with Crippen LogP contribution < -0.4 is 16.0 Å². The Kier molecular flexibility index (Phi) is 4.61. The van der Waals surface area contributed by atoms with E-state index in [0.29, 0.717) is 5.13 Å². The standard InChI is InChI=1S/C11H15N5O3S/c1-2-3-4-8-15-16-11(20-8)13-7(17)5-6-9(18)14-10(19)12-6/h6H,2-5H2,1H3,(H,13,16,17)(H2,12,14,18,19)/t6-/m1/s1. The first-order valence-electron chi connectivity index (χ1n) is 6.32. The predicted molar refractivity (Wildman–Crippen MR) is 72.2 cm³/mol. The molecule has 1 fully saturated rings. The van der Waals surface area contributed by atoms with Crippen molar-refractivity contribution in [2.75, 3.05) is 5.32 Å². The van der Waals surface area contributed by atoms with Crippen molar-refractivity contribution < 1.29 is 14.4 Å². The van der Waals surface area contributed by atoms with Gasteiger partial charge in [0.2, 0.25) is 11.0 Å². The molecule has 0 spiro atoms. The molecule has 0 bridgehead atoms. The van der Waals surface area contributed by atoms with Crippen molar-refractivity contribution >= 4 is 34.3 Å². The number of hydrogen-bond acceptors (Lipinski definition) is 6. The summed E-state index contributed by atoms with van der Waals surface area (Å²) in [6.45, 7) is 2.09. The number of urea groups is 1. The van der Waals surface area contributed by atoms with Crippen LogP contribution >= 0.6 is 11.3 Å². The van der Waals surface area contributed by atoms with Crippen molar-refractivity contribution in [3.05, 3.63) is 5.01 Å². The van der Waals surface area contributed by atoms with Gasteiger partial charge in [-0.2, -0.15) is 0 Å². The van der Waals surface area contributed by atoms with Crippen LogP contribution in [0.2, 0.25) is 0 Å². The van der Waals surface area contributed by atoms with Crippen molar-refractivity contribution in [1.82, 2.24) is 20.8 Å². The number of aromatic nitrogens is 2. The normalized spacial score (nSPS) is 17.8. The Bertz CT molecular complexity index is 530. The van der Waals surface area contributed by atoms with E-state index >= 15 is 0 Å². The van der Waals surface area contributed by atoms with E-state index < -0.39 is 18.0 Å². The van der Waals surface area contributed by atoms with Crippen LogP contribution in [0.25, 0.3) is 0 Å². The van der Waals surface area contributed by atoms with Crippen LogP contribution in [0.15, 0.2) is 0 Å². The summed E-state index contributed by atoms with van der Waals surface area (Å²) in [6, 6.07) is -1.40. The lowest BCUT2D eigenvalue weighted by Gasteiger charge is -2.05. The Morgan fingerprint density at radius 2 is 2.20 bits per heavy atom. The Balaban J connectivity index is 1.83. The van der Waals surface area contributed by atoms with Gasteiger partial charge in [-0.05, 0) is 6.42 Å². The van der Waals surface area contributed by atoms with E-state index in [2.05, 4.69) is 33.1 Å². The lowest BCUT2D eigenvalue weighted by atomic mass is 10.2. The molecule has 0 saturated carbocycles. The van der Waals surface area contributed by atoms with Crippen molar-refractivity contribution in [3.8, 4) is 0 Å². The number of carbonyl (C=O) groups excluding carboxylic acids is 3. The number of nitrogens with one attached hydrogen (secondary N) is 3. The molecule has 2 rings (SSSR count). The fourth-order valence-corrected chi connectivity index (χ4v) is 2.49. The molecule has 1 saturated heterocycles. The van der Waals surface area contributed by atoms with Gasteiger partial charge in [-0.1, -0.05) is 24.7 Å². The van der Waals surface area contributed by atoms with Crippen LogP contribution in [-0.2, 0) is 16.0 Å². The minimum atomic E-state index is -0.824. The van der Waals surface area contributed by atoms with Crippen LogP contribution in [0.4, 0.5) is 9.93 Å². The average molecular weight is 297 g/mol. The summed E-state index contributed by atoms with van der Waals surface area (Å²) < 4.78 is 0. The number of carbonyl (C=O) groups is 3.